The minimum absolute atomic E-state index is 0.0173. The highest BCUT2D eigenvalue weighted by molar-refractivity contribution is 8.12. The van der Waals surface area contributed by atoms with Crippen LogP contribution in [0, 0.1) is 0 Å². The van der Waals surface area contributed by atoms with Crippen LogP contribution in [0.3, 0.4) is 0 Å². The molecule has 6 heteroatoms. The van der Waals surface area contributed by atoms with Crippen molar-refractivity contribution in [3.05, 3.63) is 0 Å². The van der Waals surface area contributed by atoms with Crippen molar-refractivity contribution in [2.24, 2.45) is 0 Å². The Hall–Kier alpha value is 0.160. The molecule has 0 aliphatic carbocycles. The first kappa shape index (κ1) is 10.2. The summed E-state index contributed by atoms with van der Waals surface area (Å²) >= 11 is 0. The van der Waals surface area contributed by atoms with Crippen molar-refractivity contribution in [2.45, 2.75) is 18.9 Å². The summed E-state index contributed by atoms with van der Waals surface area (Å²) in [6.07, 6.45) is 1.67. The van der Waals surface area contributed by atoms with Crippen LogP contribution in [0.1, 0.15) is 12.8 Å². The second-order valence-corrected chi connectivity index (χ2v) is 5.46. The van der Waals surface area contributed by atoms with E-state index in [0.717, 1.165) is 25.9 Å². The molecule has 0 spiro atoms. The second kappa shape index (κ2) is 3.91. The molecule has 1 aliphatic heterocycles. The fraction of sp³-hybridized carbons (Fsp3) is 1.00. The van der Waals surface area contributed by atoms with Gasteiger partial charge < -0.3 is 4.90 Å². The normalized spacial score (nSPS) is 22.8. The molecule has 4 nitrogen and oxygen atoms in total. The van der Waals surface area contributed by atoms with E-state index in [1.807, 2.05) is 7.05 Å². The first-order valence-corrected chi connectivity index (χ1v) is 6.19. The summed E-state index contributed by atoms with van der Waals surface area (Å²) in [6.45, 7) is 1.84. The van der Waals surface area contributed by atoms with Gasteiger partial charge in [-0.15, -0.1) is 0 Å². The van der Waals surface area contributed by atoms with E-state index in [1.54, 1.807) is 0 Å². The molecule has 1 heterocycles. The van der Waals surface area contributed by atoms with Gasteiger partial charge in [0.25, 0.3) is 9.24 Å². The van der Waals surface area contributed by atoms with Gasteiger partial charge in [0.15, 0.2) is 0 Å². The fourth-order valence-electron chi connectivity index (χ4n) is 1.33. The average molecular weight is 213 g/mol. The third kappa shape index (κ3) is 3.71. The van der Waals surface area contributed by atoms with Gasteiger partial charge in [0.05, 0.1) is 0 Å². The Morgan fingerprint density at radius 3 is 2.33 bits per heavy atom. The van der Waals surface area contributed by atoms with E-state index in [2.05, 4.69) is 9.62 Å². The van der Waals surface area contributed by atoms with Gasteiger partial charge in [0.1, 0.15) is 0 Å². The highest BCUT2D eigenvalue weighted by Gasteiger charge is 2.19. The van der Waals surface area contributed by atoms with E-state index in [4.69, 9.17) is 10.7 Å². The Bertz CT molecular complexity index is 234. The predicted octanol–water partition coefficient (Wildman–Crippen LogP) is 0.154. The lowest BCUT2D eigenvalue weighted by Crippen LogP contribution is -2.41. The van der Waals surface area contributed by atoms with Crippen LogP contribution in [0.15, 0.2) is 0 Å². The summed E-state index contributed by atoms with van der Waals surface area (Å²) in [7, 11) is 3.53. The minimum Gasteiger partial charge on any atom is -0.306 e. The molecule has 0 atom stereocenters. The van der Waals surface area contributed by atoms with E-state index >= 15 is 0 Å². The van der Waals surface area contributed by atoms with Gasteiger partial charge in [-0.3, -0.25) is 0 Å². The first-order chi connectivity index (χ1) is 5.47. The Morgan fingerprint density at radius 1 is 1.42 bits per heavy atom. The molecule has 0 saturated carbocycles. The van der Waals surface area contributed by atoms with Gasteiger partial charge in [-0.1, -0.05) is 0 Å². The Morgan fingerprint density at radius 2 is 1.92 bits per heavy atom. The van der Waals surface area contributed by atoms with Crippen LogP contribution in [0.25, 0.3) is 0 Å². The fourth-order valence-corrected chi connectivity index (χ4v) is 2.34. The molecule has 1 aliphatic rings. The smallest absolute Gasteiger partial charge is 0.297 e. The quantitative estimate of drug-likeness (QED) is 0.664. The van der Waals surface area contributed by atoms with Crippen molar-refractivity contribution in [2.75, 3.05) is 20.1 Å². The summed E-state index contributed by atoms with van der Waals surface area (Å²) in [5.41, 5.74) is 0. The number of rotatable bonds is 2. The number of halogens is 1. The van der Waals surface area contributed by atoms with Gasteiger partial charge in [-0.25, -0.2) is 0 Å². The summed E-state index contributed by atoms with van der Waals surface area (Å²) in [5.74, 6) is 0. The highest BCUT2D eigenvalue weighted by atomic mass is 35.7. The van der Waals surface area contributed by atoms with Crippen LogP contribution in [0.5, 0.6) is 0 Å². The molecule has 12 heavy (non-hydrogen) atoms. The topological polar surface area (TPSA) is 49.4 Å². The number of hydrogen-bond donors (Lipinski definition) is 1. The molecule has 1 N–H and O–H groups in total. The van der Waals surface area contributed by atoms with Gasteiger partial charge in [-0.2, -0.15) is 13.1 Å². The maximum absolute atomic E-state index is 10.6. The molecule has 0 unspecified atom stereocenters. The zero-order valence-electron chi connectivity index (χ0n) is 6.96. The lowest BCUT2D eigenvalue weighted by molar-refractivity contribution is 0.248. The van der Waals surface area contributed by atoms with Gasteiger partial charge in [0.2, 0.25) is 0 Å². The number of nitrogens with zero attached hydrogens (tertiary/aromatic N) is 1. The molecule has 0 bridgehead atoms. The monoisotopic (exact) mass is 212 g/mol. The lowest BCUT2D eigenvalue weighted by Gasteiger charge is -2.28. The maximum Gasteiger partial charge on any atom is 0.297 e. The molecule has 0 aromatic carbocycles. The second-order valence-electron chi connectivity index (χ2n) is 3.13. The van der Waals surface area contributed by atoms with Crippen molar-refractivity contribution >= 4 is 19.9 Å². The van der Waals surface area contributed by atoms with Gasteiger partial charge in [0, 0.05) is 16.7 Å². The van der Waals surface area contributed by atoms with Crippen molar-refractivity contribution in [1.82, 2.24) is 9.62 Å². The lowest BCUT2D eigenvalue weighted by atomic mass is 10.1. The molecule has 0 aromatic rings. The number of likely N-dealkylation sites (tertiary alicyclic amines) is 1. The Kier molecular flexibility index (Phi) is 3.34. The largest absolute Gasteiger partial charge is 0.306 e. The van der Waals surface area contributed by atoms with Crippen LogP contribution in [0.2, 0.25) is 0 Å². The maximum atomic E-state index is 10.6. The standard InChI is InChI=1S/C6H13ClN2O2S/c1-9-4-2-6(3-5-9)8-12(7,10)11/h6,8H,2-5H2,1H3. The summed E-state index contributed by atoms with van der Waals surface area (Å²) in [4.78, 5) is 2.17. The molecule has 1 rings (SSSR count). The molecule has 0 aromatic heterocycles. The van der Waals surface area contributed by atoms with E-state index in [-0.39, 0.29) is 6.04 Å². The zero-order chi connectivity index (χ0) is 9.19. The van der Waals surface area contributed by atoms with Gasteiger partial charge >= 0.3 is 0 Å². The number of nitrogens with one attached hydrogen (secondary N) is 1. The molecule has 1 saturated heterocycles. The zero-order valence-corrected chi connectivity index (χ0v) is 8.53. The first-order valence-electron chi connectivity index (χ1n) is 3.88. The summed E-state index contributed by atoms with van der Waals surface area (Å²) < 4.78 is 23.6. The van der Waals surface area contributed by atoms with Crippen LogP contribution in [-0.4, -0.2) is 39.5 Å². The molecule has 72 valence electrons. The van der Waals surface area contributed by atoms with E-state index in [0.29, 0.717) is 0 Å². The predicted molar refractivity (Wildman–Crippen MR) is 48.4 cm³/mol. The highest BCUT2D eigenvalue weighted by Crippen LogP contribution is 2.09. The van der Waals surface area contributed by atoms with Crippen molar-refractivity contribution < 1.29 is 8.42 Å². The average Bonchev–Trinajstić information content (AvgIpc) is 1.91. The van der Waals surface area contributed by atoms with Gasteiger partial charge in [-0.05, 0) is 33.0 Å². The minimum atomic E-state index is -3.54. The Balaban J connectivity index is 2.36. The van der Waals surface area contributed by atoms with Crippen molar-refractivity contribution in [1.29, 1.82) is 0 Å². The third-order valence-corrected chi connectivity index (χ3v) is 2.91. The van der Waals surface area contributed by atoms with Crippen LogP contribution in [-0.2, 0) is 9.24 Å². The molecule has 0 amide bonds. The van der Waals surface area contributed by atoms with E-state index < -0.39 is 9.24 Å². The van der Waals surface area contributed by atoms with Crippen LogP contribution >= 0.6 is 10.7 Å². The number of piperidine rings is 1. The molecular formula is C6H13ClN2O2S. The molecular weight excluding hydrogens is 200 g/mol. The van der Waals surface area contributed by atoms with Crippen molar-refractivity contribution in [3.63, 3.8) is 0 Å². The Labute approximate surface area is 77.4 Å². The third-order valence-electron chi connectivity index (χ3n) is 2.03. The number of hydrogen-bond acceptors (Lipinski definition) is 3. The van der Waals surface area contributed by atoms with E-state index in [9.17, 15) is 8.42 Å². The molecule has 1 fully saturated rings. The summed E-state index contributed by atoms with van der Waals surface area (Å²) in [6, 6.07) is 0.0173. The summed E-state index contributed by atoms with van der Waals surface area (Å²) in [5, 5.41) is 0. The van der Waals surface area contributed by atoms with E-state index in [1.165, 1.54) is 0 Å². The van der Waals surface area contributed by atoms with Crippen molar-refractivity contribution in [3.8, 4) is 0 Å². The molecule has 0 radical (unpaired) electrons. The van der Waals surface area contributed by atoms with Crippen LogP contribution < -0.4 is 4.72 Å². The van der Waals surface area contributed by atoms with Crippen LogP contribution in [0.4, 0.5) is 0 Å². The SMILES string of the molecule is CN1CCC(NS(=O)(=O)Cl)CC1.